The van der Waals surface area contributed by atoms with Gasteiger partial charge in [-0.15, -0.1) is 6.58 Å². The predicted octanol–water partition coefficient (Wildman–Crippen LogP) is 3.97. The summed E-state index contributed by atoms with van der Waals surface area (Å²) in [6.07, 6.45) is 0.833. The first-order valence-electron chi connectivity index (χ1n) is 6.45. The van der Waals surface area contributed by atoms with Crippen LogP contribution in [0.1, 0.15) is 39.8 Å². The third-order valence-corrected chi connectivity index (χ3v) is 2.80. The van der Waals surface area contributed by atoms with Gasteiger partial charge in [-0.25, -0.2) is 4.98 Å². The fraction of sp³-hybridized carbons (Fsp3) is 0.533. The van der Waals surface area contributed by atoms with Gasteiger partial charge in [-0.3, -0.25) is 0 Å². The fourth-order valence-corrected chi connectivity index (χ4v) is 1.52. The molecular formula is C15H23ClN2O. The highest BCUT2D eigenvalue weighted by atomic mass is 35.5. The van der Waals surface area contributed by atoms with Gasteiger partial charge in [0, 0.05) is 24.6 Å². The van der Waals surface area contributed by atoms with Crippen molar-refractivity contribution in [2.45, 2.75) is 46.2 Å². The van der Waals surface area contributed by atoms with Crippen LogP contribution in [-0.4, -0.2) is 17.1 Å². The van der Waals surface area contributed by atoms with Gasteiger partial charge in [0.1, 0.15) is 0 Å². The zero-order valence-corrected chi connectivity index (χ0v) is 13.0. The van der Waals surface area contributed by atoms with Crippen LogP contribution in [0.4, 0.5) is 0 Å². The molecule has 0 saturated carbocycles. The summed E-state index contributed by atoms with van der Waals surface area (Å²) >= 11 is 6.14. The lowest BCUT2D eigenvalue weighted by Gasteiger charge is -2.20. The normalized spacial score (nSPS) is 11.4. The van der Waals surface area contributed by atoms with Crippen molar-refractivity contribution in [3.8, 4) is 5.88 Å². The number of nitrogens with one attached hydrogen (secondary N) is 1. The van der Waals surface area contributed by atoms with Gasteiger partial charge in [0.2, 0.25) is 5.88 Å². The molecule has 106 valence electrons. The Bertz CT molecular complexity index is 438. The van der Waals surface area contributed by atoms with E-state index in [1.54, 1.807) is 6.07 Å². The molecule has 3 nitrogen and oxygen atoms in total. The minimum absolute atomic E-state index is 0.0296. The highest BCUT2D eigenvalue weighted by Crippen LogP contribution is 2.19. The van der Waals surface area contributed by atoms with Crippen molar-refractivity contribution < 1.29 is 4.74 Å². The summed E-state index contributed by atoms with van der Waals surface area (Å²) < 4.78 is 5.59. The molecule has 0 atom stereocenters. The van der Waals surface area contributed by atoms with E-state index in [-0.39, 0.29) is 5.54 Å². The van der Waals surface area contributed by atoms with Gasteiger partial charge in [-0.1, -0.05) is 17.2 Å². The largest absolute Gasteiger partial charge is 0.477 e. The summed E-state index contributed by atoms with van der Waals surface area (Å²) in [5.74, 6) is 0.608. The van der Waals surface area contributed by atoms with Crippen molar-refractivity contribution in [1.82, 2.24) is 10.3 Å². The second-order valence-corrected chi connectivity index (χ2v) is 6.14. The number of hydrogen-bond donors (Lipinski definition) is 1. The molecule has 19 heavy (non-hydrogen) atoms. The molecule has 0 aliphatic carbocycles. The number of halogens is 1. The molecule has 0 radical (unpaired) electrons. The molecule has 0 unspecified atom stereocenters. The van der Waals surface area contributed by atoms with Gasteiger partial charge in [-0.05, 0) is 33.8 Å². The first-order chi connectivity index (χ1) is 8.78. The smallest absolute Gasteiger partial charge is 0.213 e. The molecule has 0 amide bonds. The van der Waals surface area contributed by atoms with Gasteiger partial charge in [0.25, 0.3) is 0 Å². The summed E-state index contributed by atoms with van der Waals surface area (Å²) in [5.41, 5.74) is 1.94. The third-order valence-electron chi connectivity index (χ3n) is 2.46. The minimum Gasteiger partial charge on any atom is -0.477 e. The lowest BCUT2D eigenvalue weighted by Crippen LogP contribution is -2.35. The van der Waals surface area contributed by atoms with E-state index in [1.807, 2.05) is 13.0 Å². The van der Waals surface area contributed by atoms with Crippen LogP contribution >= 0.6 is 11.6 Å². The fourth-order valence-electron chi connectivity index (χ4n) is 1.35. The maximum Gasteiger partial charge on any atom is 0.213 e. The highest BCUT2D eigenvalue weighted by molar-refractivity contribution is 6.31. The van der Waals surface area contributed by atoms with E-state index in [9.17, 15) is 0 Å². The Morgan fingerprint density at radius 1 is 1.42 bits per heavy atom. The van der Waals surface area contributed by atoms with Gasteiger partial charge in [0.15, 0.2) is 0 Å². The van der Waals surface area contributed by atoms with E-state index in [0.29, 0.717) is 24.1 Å². The number of nitrogens with zero attached hydrogens (tertiary/aromatic N) is 1. The number of hydrogen-bond acceptors (Lipinski definition) is 3. The number of aromatic nitrogens is 1. The number of rotatable bonds is 6. The highest BCUT2D eigenvalue weighted by Gasteiger charge is 2.11. The van der Waals surface area contributed by atoms with Crippen LogP contribution in [0.25, 0.3) is 0 Å². The maximum absolute atomic E-state index is 6.14. The van der Waals surface area contributed by atoms with E-state index < -0.39 is 0 Å². The van der Waals surface area contributed by atoms with Crippen LogP contribution in [0.15, 0.2) is 24.3 Å². The molecule has 1 N–H and O–H groups in total. The molecule has 0 spiro atoms. The topological polar surface area (TPSA) is 34.1 Å². The molecule has 0 saturated heterocycles. The zero-order valence-electron chi connectivity index (χ0n) is 12.2. The van der Waals surface area contributed by atoms with E-state index in [2.05, 4.69) is 37.7 Å². The summed E-state index contributed by atoms with van der Waals surface area (Å²) in [6, 6.07) is 3.62. The van der Waals surface area contributed by atoms with Gasteiger partial charge in [0.05, 0.1) is 17.3 Å². The Morgan fingerprint density at radius 2 is 2.11 bits per heavy atom. The maximum atomic E-state index is 6.14. The number of pyridine rings is 1. The summed E-state index contributed by atoms with van der Waals surface area (Å²) in [7, 11) is 0. The molecular weight excluding hydrogens is 260 g/mol. The minimum atomic E-state index is 0.0296. The summed E-state index contributed by atoms with van der Waals surface area (Å²) in [6.45, 7) is 13.4. The molecule has 0 aliphatic rings. The SMILES string of the molecule is C=C(C)CCOc1ccc(Cl)c(CNC(C)(C)C)n1. The molecule has 1 aromatic heterocycles. The standard InChI is InChI=1S/C15H23ClN2O/c1-11(2)8-9-19-14-7-6-12(16)13(18-14)10-17-15(3,4)5/h6-7,17H,1,8-10H2,2-5H3. The van der Waals surface area contributed by atoms with Crippen LogP contribution in [-0.2, 0) is 6.54 Å². The lowest BCUT2D eigenvalue weighted by molar-refractivity contribution is 0.307. The summed E-state index contributed by atoms with van der Waals surface area (Å²) in [4.78, 5) is 4.43. The Hall–Kier alpha value is -1.06. The second-order valence-electron chi connectivity index (χ2n) is 5.74. The lowest BCUT2D eigenvalue weighted by atomic mass is 10.1. The van der Waals surface area contributed by atoms with Crippen molar-refractivity contribution in [2.75, 3.05) is 6.61 Å². The Labute approximate surface area is 121 Å². The third kappa shape index (κ3) is 6.60. The Balaban J connectivity index is 2.63. The van der Waals surface area contributed by atoms with Crippen molar-refractivity contribution in [3.05, 3.63) is 35.0 Å². The van der Waals surface area contributed by atoms with E-state index in [0.717, 1.165) is 17.7 Å². The molecule has 4 heteroatoms. The molecule has 0 aliphatic heterocycles. The van der Waals surface area contributed by atoms with E-state index in [1.165, 1.54) is 0 Å². The Kier molecular flexibility index (Phi) is 5.83. The van der Waals surface area contributed by atoms with Crippen LogP contribution in [0.2, 0.25) is 5.02 Å². The average molecular weight is 283 g/mol. The van der Waals surface area contributed by atoms with Gasteiger partial charge in [-0.2, -0.15) is 0 Å². The van der Waals surface area contributed by atoms with Crippen molar-refractivity contribution in [2.24, 2.45) is 0 Å². The second kappa shape index (κ2) is 6.92. The first-order valence-corrected chi connectivity index (χ1v) is 6.83. The predicted molar refractivity (Wildman–Crippen MR) is 80.8 cm³/mol. The zero-order chi connectivity index (χ0) is 14.5. The Morgan fingerprint density at radius 3 is 2.68 bits per heavy atom. The van der Waals surface area contributed by atoms with Crippen LogP contribution in [0.3, 0.4) is 0 Å². The van der Waals surface area contributed by atoms with Gasteiger partial charge < -0.3 is 10.1 Å². The van der Waals surface area contributed by atoms with Gasteiger partial charge >= 0.3 is 0 Å². The average Bonchev–Trinajstić information content (AvgIpc) is 2.28. The molecule has 1 rings (SSSR count). The van der Waals surface area contributed by atoms with Crippen molar-refractivity contribution in [1.29, 1.82) is 0 Å². The molecule has 0 aromatic carbocycles. The van der Waals surface area contributed by atoms with Crippen LogP contribution < -0.4 is 10.1 Å². The van der Waals surface area contributed by atoms with Crippen LogP contribution in [0, 0.1) is 0 Å². The molecule has 1 aromatic rings. The van der Waals surface area contributed by atoms with Crippen LogP contribution in [0.5, 0.6) is 5.88 Å². The first kappa shape index (κ1) is 16.0. The molecule has 0 fully saturated rings. The molecule has 1 heterocycles. The monoisotopic (exact) mass is 282 g/mol. The van der Waals surface area contributed by atoms with Crippen molar-refractivity contribution >= 4 is 11.6 Å². The molecule has 0 bridgehead atoms. The van der Waals surface area contributed by atoms with E-state index in [4.69, 9.17) is 16.3 Å². The van der Waals surface area contributed by atoms with E-state index >= 15 is 0 Å². The number of ether oxygens (including phenoxy) is 1. The van der Waals surface area contributed by atoms with Crippen molar-refractivity contribution in [3.63, 3.8) is 0 Å². The quantitative estimate of drug-likeness (QED) is 0.802. The summed E-state index contributed by atoms with van der Waals surface area (Å²) in [5, 5.41) is 4.02.